The predicted molar refractivity (Wildman–Crippen MR) is 57.9 cm³/mol. The second-order valence-electron chi connectivity index (χ2n) is 3.92. The van der Waals surface area contributed by atoms with E-state index in [4.69, 9.17) is 4.74 Å². The summed E-state index contributed by atoms with van der Waals surface area (Å²) in [7, 11) is 0. The van der Waals surface area contributed by atoms with Gasteiger partial charge in [0.25, 0.3) is 0 Å². The number of fused-ring (bicyclic) bond motifs is 1. The summed E-state index contributed by atoms with van der Waals surface area (Å²) in [4.78, 5) is 4.49. The van der Waals surface area contributed by atoms with E-state index in [9.17, 15) is 0 Å². The first-order valence-electron chi connectivity index (χ1n) is 5.02. The van der Waals surface area contributed by atoms with Crippen LogP contribution >= 0.6 is 0 Å². The van der Waals surface area contributed by atoms with Gasteiger partial charge >= 0.3 is 0 Å². The number of hydrogen-bond donors (Lipinski definition) is 0. The zero-order chi connectivity index (χ0) is 10.1. The summed E-state index contributed by atoms with van der Waals surface area (Å²) in [5.74, 6) is 1.20. The van der Waals surface area contributed by atoms with E-state index in [-0.39, 0.29) is 6.10 Å². The van der Waals surface area contributed by atoms with Crippen molar-refractivity contribution in [3.05, 3.63) is 29.8 Å². The zero-order valence-corrected chi connectivity index (χ0v) is 8.82. The van der Waals surface area contributed by atoms with Crippen LogP contribution in [0.3, 0.4) is 0 Å². The fraction of sp³-hybridized carbons (Fsp3) is 0.417. The van der Waals surface area contributed by atoms with Gasteiger partial charge < -0.3 is 4.74 Å². The lowest BCUT2D eigenvalue weighted by atomic mass is 10.1. The standard InChI is InChI=1S/C12H15NO/c1-8(2)12-13-11-7-5-4-6-10(11)9(3)14-12/h4-9H,1-3H3. The maximum atomic E-state index is 5.72. The SMILES string of the molecule is CC(C)C1=Nc2ccccc2C(C)O1. The van der Waals surface area contributed by atoms with Gasteiger partial charge in [0, 0.05) is 11.5 Å². The molecule has 1 unspecified atom stereocenters. The quantitative estimate of drug-likeness (QED) is 0.663. The van der Waals surface area contributed by atoms with Gasteiger partial charge in [0.1, 0.15) is 6.10 Å². The van der Waals surface area contributed by atoms with Crippen LogP contribution in [0.15, 0.2) is 29.3 Å². The normalized spacial score (nSPS) is 20.0. The van der Waals surface area contributed by atoms with Crippen molar-refractivity contribution < 1.29 is 4.74 Å². The molecule has 1 aromatic carbocycles. The van der Waals surface area contributed by atoms with E-state index in [0.717, 1.165) is 11.6 Å². The molecule has 0 bridgehead atoms. The van der Waals surface area contributed by atoms with E-state index in [2.05, 4.69) is 31.8 Å². The maximum Gasteiger partial charge on any atom is 0.191 e. The van der Waals surface area contributed by atoms with E-state index in [1.807, 2.05) is 18.2 Å². The lowest BCUT2D eigenvalue weighted by Gasteiger charge is -2.24. The number of benzene rings is 1. The van der Waals surface area contributed by atoms with Crippen molar-refractivity contribution in [3.8, 4) is 0 Å². The van der Waals surface area contributed by atoms with Gasteiger partial charge in [0.2, 0.25) is 0 Å². The summed E-state index contributed by atoms with van der Waals surface area (Å²) in [6.07, 6.45) is 0.126. The van der Waals surface area contributed by atoms with Crippen LogP contribution in [0.4, 0.5) is 5.69 Å². The van der Waals surface area contributed by atoms with Crippen molar-refractivity contribution in [2.24, 2.45) is 10.9 Å². The molecule has 1 aliphatic rings. The van der Waals surface area contributed by atoms with E-state index < -0.39 is 0 Å². The molecule has 1 aromatic rings. The summed E-state index contributed by atoms with van der Waals surface area (Å²) in [5, 5.41) is 0. The molecule has 0 saturated carbocycles. The van der Waals surface area contributed by atoms with Gasteiger partial charge in [0.05, 0.1) is 5.69 Å². The van der Waals surface area contributed by atoms with Crippen molar-refractivity contribution in [2.75, 3.05) is 0 Å². The minimum atomic E-state index is 0.126. The largest absolute Gasteiger partial charge is 0.473 e. The molecule has 1 heterocycles. The Labute approximate surface area is 84.6 Å². The van der Waals surface area contributed by atoms with Gasteiger partial charge in [-0.2, -0.15) is 0 Å². The Bertz CT molecular complexity index is 368. The highest BCUT2D eigenvalue weighted by molar-refractivity contribution is 5.83. The third-order valence-corrected chi connectivity index (χ3v) is 2.40. The first kappa shape index (κ1) is 9.25. The molecule has 0 N–H and O–H groups in total. The smallest absolute Gasteiger partial charge is 0.191 e. The van der Waals surface area contributed by atoms with Crippen LogP contribution in [0.5, 0.6) is 0 Å². The van der Waals surface area contributed by atoms with Crippen molar-refractivity contribution >= 4 is 11.6 Å². The Morgan fingerprint density at radius 3 is 2.71 bits per heavy atom. The van der Waals surface area contributed by atoms with Crippen LogP contribution in [-0.2, 0) is 4.74 Å². The molecule has 0 saturated heterocycles. The topological polar surface area (TPSA) is 21.6 Å². The molecule has 0 aliphatic carbocycles. The van der Waals surface area contributed by atoms with Crippen LogP contribution in [0.2, 0.25) is 0 Å². The molecule has 0 spiro atoms. The van der Waals surface area contributed by atoms with Gasteiger partial charge in [-0.1, -0.05) is 32.0 Å². The number of nitrogens with zero attached hydrogens (tertiary/aromatic N) is 1. The van der Waals surface area contributed by atoms with Crippen molar-refractivity contribution in [1.29, 1.82) is 0 Å². The van der Waals surface area contributed by atoms with E-state index in [1.165, 1.54) is 5.56 Å². The number of para-hydroxylation sites is 1. The van der Waals surface area contributed by atoms with Crippen molar-refractivity contribution in [2.45, 2.75) is 26.9 Å². The summed E-state index contributed by atoms with van der Waals surface area (Å²) in [6, 6.07) is 8.14. The van der Waals surface area contributed by atoms with Gasteiger partial charge in [-0.05, 0) is 13.0 Å². The molecular formula is C12H15NO. The zero-order valence-electron chi connectivity index (χ0n) is 8.82. The molecule has 2 nitrogen and oxygen atoms in total. The first-order chi connectivity index (χ1) is 6.68. The van der Waals surface area contributed by atoms with Gasteiger partial charge in [-0.15, -0.1) is 0 Å². The highest BCUT2D eigenvalue weighted by atomic mass is 16.5. The first-order valence-corrected chi connectivity index (χ1v) is 5.02. The third kappa shape index (κ3) is 1.52. The van der Waals surface area contributed by atoms with Crippen molar-refractivity contribution in [1.82, 2.24) is 0 Å². The van der Waals surface area contributed by atoms with Crippen LogP contribution in [0.1, 0.15) is 32.4 Å². The Morgan fingerprint density at radius 1 is 1.29 bits per heavy atom. The molecule has 14 heavy (non-hydrogen) atoms. The lowest BCUT2D eigenvalue weighted by molar-refractivity contribution is 0.194. The third-order valence-electron chi connectivity index (χ3n) is 2.40. The molecule has 2 heteroatoms. The molecular weight excluding hydrogens is 174 g/mol. The fourth-order valence-corrected chi connectivity index (χ4v) is 1.59. The number of hydrogen-bond acceptors (Lipinski definition) is 2. The monoisotopic (exact) mass is 189 g/mol. The summed E-state index contributed by atoms with van der Waals surface area (Å²) in [6.45, 7) is 6.26. The Hall–Kier alpha value is -1.31. The molecule has 0 fully saturated rings. The second kappa shape index (κ2) is 3.45. The summed E-state index contributed by atoms with van der Waals surface area (Å²) < 4.78 is 5.72. The average molecular weight is 189 g/mol. The Morgan fingerprint density at radius 2 is 2.00 bits per heavy atom. The van der Waals surface area contributed by atoms with E-state index in [0.29, 0.717) is 5.92 Å². The summed E-state index contributed by atoms with van der Waals surface area (Å²) in [5.41, 5.74) is 2.23. The van der Waals surface area contributed by atoms with Gasteiger partial charge in [-0.3, -0.25) is 0 Å². The molecule has 2 rings (SSSR count). The molecule has 74 valence electrons. The second-order valence-corrected chi connectivity index (χ2v) is 3.92. The Kier molecular flexibility index (Phi) is 2.28. The van der Waals surface area contributed by atoms with Gasteiger partial charge in [0.15, 0.2) is 5.90 Å². The minimum Gasteiger partial charge on any atom is -0.473 e. The predicted octanol–water partition coefficient (Wildman–Crippen LogP) is 3.46. The van der Waals surface area contributed by atoms with E-state index >= 15 is 0 Å². The van der Waals surface area contributed by atoms with E-state index in [1.54, 1.807) is 0 Å². The number of rotatable bonds is 1. The molecule has 1 aliphatic heterocycles. The highest BCUT2D eigenvalue weighted by Crippen LogP contribution is 2.33. The van der Waals surface area contributed by atoms with Crippen molar-refractivity contribution in [3.63, 3.8) is 0 Å². The molecule has 0 radical (unpaired) electrons. The maximum absolute atomic E-state index is 5.72. The lowest BCUT2D eigenvalue weighted by Crippen LogP contribution is -2.18. The summed E-state index contributed by atoms with van der Waals surface area (Å²) >= 11 is 0. The number of aliphatic imine (C=N–C) groups is 1. The van der Waals surface area contributed by atoms with Crippen LogP contribution in [0.25, 0.3) is 0 Å². The minimum absolute atomic E-state index is 0.126. The number of ether oxygens (including phenoxy) is 1. The highest BCUT2D eigenvalue weighted by Gasteiger charge is 2.20. The molecule has 0 amide bonds. The Balaban J connectivity index is 2.45. The fourth-order valence-electron chi connectivity index (χ4n) is 1.59. The average Bonchev–Trinajstić information content (AvgIpc) is 2.17. The van der Waals surface area contributed by atoms with Crippen LogP contribution < -0.4 is 0 Å². The molecule has 1 atom stereocenters. The van der Waals surface area contributed by atoms with Crippen LogP contribution in [0, 0.1) is 5.92 Å². The van der Waals surface area contributed by atoms with Crippen LogP contribution in [-0.4, -0.2) is 5.90 Å². The molecule has 0 aromatic heterocycles. The van der Waals surface area contributed by atoms with Gasteiger partial charge in [-0.25, -0.2) is 4.99 Å².